The van der Waals surface area contributed by atoms with Gasteiger partial charge in [-0.1, -0.05) is 43.0 Å². The maximum atomic E-state index is 12.9. The smallest absolute Gasteiger partial charge is 0.340 e. The van der Waals surface area contributed by atoms with E-state index in [4.69, 9.17) is 16.3 Å². The second kappa shape index (κ2) is 7.91. The summed E-state index contributed by atoms with van der Waals surface area (Å²) in [6.45, 7) is 1.89. The van der Waals surface area contributed by atoms with Gasteiger partial charge in [-0.25, -0.2) is 9.69 Å². The van der Waals surface area contributed by atoms with E-state index in [1.807, 2.05) is 0 Å². The molecule has 0 spiro atoms. The van der Waals surface area contributed by atoms with Crippen molar-refractivity contribution in [2.45, 2.75) is 45.1 Å². The van der Waals surface area contributed by atoms with Crippen molar-refractivity contribution >= 4 is 35.1 Å². The number of para-hydroxylation sites is 1. The van der Waals surface area contributed by atoms with E-state index in [0.717, 1.165) is 30.6 Å². The molecule has 7 heteroatoms. The van der Waals surface area contributed by atoms with Crippen LogP contribution in [0.1, 0.15) is 49.4 Å². The highest BCUT2D eigenvalue weighted by Crippen LogP contribution is 2.32. The number of amides is 2. The Bertz CT molecular complexity index is 769. The minimum Gasteiger partial charge on any atom is -0.462 e. The molecule has 0 saturated heterocycles. The fourth-order valence-corrected chi connectivity index (χ4v) is 3.57. The third kappa shape index (κ3) is 3.46. The third-order valence-electron chi connectivity index (χ3n) is 4.62. The van der Waals surface area contributed by atoms with Crippen molar-refractivity contribution < 1.29 is 19.1 Å². The molecule has 0 unspecified atom stereocenters. The number of halogens is 1. The number of hydrogen-bond donors (Lipinski definition) is 1. The van der Waals surface area contributed by atoms with Crippen molar-refractivity contribution in [2.24, 2.45) is 0 Å². The number of nitrogens with one attached hydrogen (secondary N) is 1. The van der Waals surface area contributed by atoms with Crippen LogP contribution in [0.25, 0.3) is 0 Å². The number of rotatable bonds is 5. The molecule has 1 N–H and O–H groups in total. The molecule has 1 aromatic rings. The summed E-state index contributed by atoms with van der Waals surface area (Å²) in [6.07, 6.45) is 5.22. The number of benzene rings is 1. The molecule has 0 bridgehead atoms. The second-order valence-corrected chi connectivity index (χ2v) is 6.73. The van der Waals surface area contributed by atoms with Gasteiger partial charge >= 0.3 is 5.97 Å². The van der Waals surface area contributed by atoms with Gasteiger partial charge in [0.1, 0.15) is 10.7 Å². The highest BCUT2D eigenvalue weighted by Gasteiger charge is 2.41. The lowest BCUT2D eigenvalue weighted by molar-refractivity contribution is -0.120. The van der Waals surface area contributed by atoms with E-state index in [-0.39, 0.29) is 34.6 Å². The van der Waals surface area contributed by atoms with Gasteiger partial charge in [0.25, 0.3) is 11.8 Å². The predicted octanol–water partition coefficient (Wildman–Crippen LogP) is 3.11. The standard InChI is InChI=1S/C19H21ClN2O4/c1-2-26-19(25)13-10-6-7-11-14(13)22-17(23)15(20)16(18(22)24)21-12-8-4-3-5-9-12/h6-7,10-12,21H,2-5,8-9H2,1H3. The SMILES string of the molecule is CCOC(=O)c1ccccc1N1C(=O)C(Cl)=C(NC2CCCCC2)C1=O. The zero-order valence-corrected chi connectivity index (χ0v) is 15.3. The molecule has 1 aliphatic carbocycles. The maximum absolute atomic E-state index is 12.9. The minimum absolute atomic E-state index is 0.113. The van der Waals surface area contributed by atoms with E-state index in [9.17, 15) is 14.4 Å². The Morgan fingerprint density at radius 3 is 2.58 bits per heavy atom. The van der Waals surface area contributed by atoms with Crippen molar-refractivity contribution in [1.29, 1.82) is 0 Å². The van der Waals surface area contributed by atoms with Crippen LogP contribution in [-0.4, -0.2) is 30.4 Å². The van der Waals surface area contributed by atoms with Crippen LogP contribution < -0.4 is 10.2 Å². The van der Waals surface area contributed by atoms with Gasteiger partial charge in [-0.2, -0.15) is 0 Å². The quantitative estimate of drug-likeness (QED) is 0.631. The Morgan fingerprint density at radius 1 is 1.19 bits per heavy atom. The first kappa shape index (κ1) is 18.5. The van der Waals surface area contributed by atoms with Crippen molar-refractivity contribution in [3.05, 3.63) is 40.6 Å². The number of nitrogens with zero attached hydrogens (tertiary/aromatic N) is 1. The Kier molecular flexibility index (Phi) is 5.61. The summed E-state index contributed by atoms with van der Waals surface area (Å²) in [7, 11) is 0. The molecule has 1 aliphatic heterocycles. The lowest BCUT2D eigenvalue weighted by atomic mass is 9.95. The van der Waals surface area contributed by atoms with Crippen LogP contribution >= 0.6 is 11.6 Å². The zero-order valence-electron chi connectivity index (χ0n) is 14.6. The first-order valence-corrected chi connectivity index (χ1v) is 9.23. The number of anilines is 1. The Labute approximate surface area is 157 Å². The molecule has 3 rings (SSSR count). The van der Waals surface area contributed by atoms with Gasteiger partial charge in [-0.05, 0) is 31.9 Å². The monoisotopic (exact) mass is 376 g/mol. The number of carbonyl (C=O) groups excluding carboxylic acids is 3. The van der Waals surface area contributed by atoms with Gasteiger partial charge < -0.3 is 10.1 Å². The molecule has 26 heavy (non-hydrogen) atoms. The second-order valence-electron chi connectivity index (χ2n) is 6.35. The summed E-state index contributed by atoms with van der Waals surface area (Å²) in [5, 5.41) is 3.00. The molecule has 1 aromatic carbocycles. The lowest BCUT2D eigenvalue weighted by Crippen LogP contribution is -2.38. The molecule has 1 heterocycles. The minimum atomic E-state index is -0.633. The first-order valence-electron chi connectivity index (χ1n) is 8.85. The number of ether oxygens (including phenoxy) is 1. The van der Waals surface area contributed by atoms with Crippen molar-refractivity contribution in [3.63, 3.8) is 0 Å². The Hall–Kier alpha value is -2.34. The molecule has 0 aromatic heterocycles. The fraction of sp³-hybridized carbons (Fsp3) is 0.421. The van der Waals surface area contributed by atoms with E-state index in [2.05, 4.69) is 5.32 Å². The molecule has 1 fully saturated rings. The summed E-state index contributed by atoms with van der Waals surface area (Å²) >= 11 is 6.17. The van der Waals surface area contributed by atoms with Crippen LogP contribution in [-0.2, 0) is 14.3 Å². The Morgan fingerprint density at radius 2 is 1.88 bits per heavy atom. The van der Waals surface area contributed by atoms with Crippen LogP contribution in [0.2, 0.25) is 0 Å². The molecule has 6 nitrogen and oxygen atoms in total. The van der Waals surface area contributed by atoms with Crippen LogP contribution in [0.3, 0.4) is 0 Å². The van der Waals surface area contributed by atoms with Crippen LogP contribution in [0.4, 0.5) is 5.69 Å². The largest absolute Gasteiger partial charge is 0.462 e. The van der Waals surface area contributed by atoms with Gasteiger partial charge in [-0.3, -0.25) is 9.59 Å². The zero-order chi connectivity index (χ0) is 18.7. The summed E-state index contributed by atoms with van der Waals surface area (Å²) in [5.41, 5.74) is 0.446. The van der Waals surface area contributed by atoms with Crippen LogP contribution in [0.15, 0.2) is 35.0 Å². The average Bonchev–Trinajstić information content (AvgIpc) is 2.86. The van der Waals surface area contributed by atoms with Gasteiger partial charge in [0.2, 0.25) is 0 Å². The highest BCUT2D eigenvalue weighted by atomic mass is 35.5. The molecule has 0 radical (unpaired) electrons. The molecule has 2 aliphatic rings. The predicted molar refractivity (Wildman–Crippen MR) is 97.8 cm³/mol. The normalized spacial score (nSPS) is 18.5. The van der Waals surface area contributed by atoms with E-state index in [1.54, 1.807) is 19.1 Å². The van der Waals surface area contributed by atoms with Crippen molar-refractivity contribution in [3.8, 4) is 0 Å². The van der Waals surface area contributed by atoms with Crippen LogP contribution in [0, 0.1) is 0 Å². The van der Waals surface area contributed by atoms with E-state index in [0.29, 0.717) is 0 Å². The molecule has 138 valence electrons. The van der Waals surface area contributed by atoms with Crippen molar-refractivity contribution in [2.75, 3.05) is 11.5 Å². The topological polar surface area (TPSA) is 75.7 Å². The van der Waals surface area contributed by atoms with E-state index < -0.39 is 17.8 Å². The summed E-state index contributed by atoms with van der Waals surface area (Å²) in [4.78, 5) is 38.6. The first-order chi connectivity index (χ1) is 12.5. The Balaban J connectivity index is 1.88. The lowest BCUT2D eigenvalue weighted by Gasteiger charge is -2.24. The fourth-order valence-electron chi connectivity index (χ4n) is 3.35. The molecule has 0 atom stereocenters. The summed E-state index contributed by atoms with van der Waals surface area (Å²) < 4.78 is 5.02. The number of carbonyl (C=O) groups is 3. The van der Waals surface area contributed by atoms with Gasteiger partial charge in [0.05, 0.1) is 17.9 Å². The molecule has 2 amide bonds. The number of hydrogen-bond acceptors (Lipinski definition) is 5. The summed E-state index contributed by atoms with van der Waals surface area (Å²) in [5.74, 6) is -1.76. The maximum Gasteiger partial charge on any atom is 0.340 e. The van der Waals surface area contributed by atoms with E-state index >= 15 is 0 Å². The molecular formula is C19H21ClN2O4. The van der Waals surface area contributed by atoms with Gasteiger partial charge in [0, 0.05) is 6.04 Å². The number of imide groups is 1. The van der Waals surface area contributed by atoms with Crippen molar-refractivity contribution in [1.82, 2.24) is 5.32 Å². The van der Waals surface area contributed by atoms with Gasteiger partial charge in [0.15, 0.2) is 0 Å². The number of esters is 1. The average molecular weight is 377 g/mol. The van der Waals surface area contributed by atoms with Crippen LogP contribution in [0.5, 0.6) is 0 Å². The summed E-state index contributed by atoms with van der Waals surface area (Å²) in [6, 6.07) is 6.49. The third-order valence-corrected chi connectivity index (χ3v) is 4.97. The molecule has 1 saturated carbocycles. The molecular weight excluding hydrogens is 356 g/mol. The highest BCUT2D eigenvalue weighted by molar-refractivity contribution is 6.52. The van der Waals surface area contributed by atoms with Gasteiger partial charge in [-0.15, -0.1) is 0 Å². The van der Waals surface area contributed by atoms with E-state index in [1.165, 1.54) is 18.6 Å².